The molecule has 0 saturated heterocycles. The molecule has 2 heterocycles. The van der Waals surface area contributed by atoms with Gasteiger partial charge >= 0.3 is 0 Å². The maximum atomic E-state index is 11.8. The summed E-state index contributed by atoms with van der Waals surface area (Å²) in [7, 11) is 0. The molecule has 34 heavy (non-hydrogen) atoms. The van der Waals surface area contributed by atoms with Crippen molar-refractivity contribution in [3.05, 3.63) is 16.7 Å². The molecule has 1 atom stereocenters. The van der Waals surface area contributed by atoms with Gasteiger partial charge in [0.1, 0.15) is 0 Å². The number of H-pyrrole nitrogens is 1. The number of rotatable bonds is 21. The number of thioether (sulfide) groups is 1. The monoisotopic (exact) mass is 493 g/mol. The van der Waals surface area contributed by atoms with Crippen molar-refractivity contribution in [1.29, 1.82) is 0 Å². The van der Waals surface area contributed by atoms with Crippen molar-refractivity contribution in [3.63, 3.8) is 0 Å². The van der Waals surface area contributed by atoms with E-state index >= 15 is 0 Å². The number of nitrogens with zero attached hydrogens (tertiary/aromatic N) is 3. The molecule has 1 unspecified atom stereocenters. The number of nitrogen functional groups attached to an aromatic ring is 1. The summed E-state index contributed by atoms with van der Waals surface area (Å²) in [6.45, 7) is 2.64. The van der Waals surface area contributed by atoms with Gasteiger partial charge < -0.3 is 15.4 Å². The predicted octanol–water partition coefficient (Wildman–Crippen LogP) is 6.06. The number of unbranched alkanes of at least 4 members (excludes halogenated alkanes) is 15. The van der Waals surface area contributed by atoms with Crippen molar-refractivity contribution < 1.29 is 5.11 Å². The van der Waals surface area contributed by atoms with Crippen LogP contribution in [-0.2, 0) is 6.54 Å². The highest BCUT2D eigenvalue weighted by Crippen LogP contribution is 2.15. The summed E-state index contributed by atoms with van der Waals surface area (Å²) in [5.41, 5.74) is 5.94. The number of imidazole rings is 1. The highest BCUT2D eigenvalue weighted by molar-refractivity contribution is 7.99. The number of aromatic amines is 1. The normalized spacial score (nSPS) is 12.5. The fraction of sp³-hybridized carbons (Fsp3) is 0.808. The van der Waals surface area contributed by atoms with Gasteiger partial charge in [0.2, 0.25) is 5.95 Å². The van der Waals surface area contributed by atoms with Crippen LogP contribution in [0.5, 0.6) is 0 Å². The van der Waals surface area contributed by atoms with Crippen molar-refractivity contribution in [1.82, 2.24) is 19.5 Å². The molecule has 2 aromatic rings. The number of nitrogens with one attached hydrogen (secondary N) is 1. The Kier molecular flexibility index (Phi) is 15.0. The Bertz CT molecular complexity index is 838. The average Bonchev–Trinajstić information content (AvgIpc) is 3.21. The Morgan fingerprint density at radius 3 is 2.03 bits per heavy atom. The Labute approximate surface area is 209 Å². The van der Waals surface area contributed by atoms with Gasteiger partial charge in [0.15, 0.2) is 11.2 Å². The molecule has 0 spiro atoms. The first-order valence-electron chi connectivity index (χ1n) is 13.6. The Balaban J connectivity index is 1.38. The molecular formula is C26H47N5O2S. The lowest BCUT2D eigenvalue weighted by Crippen LogP contribution is -2.19. The third-order valence-electron chi connectivity index (χ3n) is 6.35. The predicted molar refractivity (Wildman–Crippen MR) is 145 cm³/mol. The van der Waals surface area contributed by atoms with E-state index in [9.17, 15) is 9.90 Å². The van der Waals surface area contributed by atoms with Gasteiger partial charge in [-0.25, -0.2) is 4.98 Å². The third-order valence-corrected chi connectivity index (χ3v) is 7.55. The van der Waals surface area contributed by atoms with E-state index in [0.29, 0.717) is 17.9 Å². The summed E-state index contributed by atoms with van der Waals surface area (Å²) < 4.78 is 1.70. The molecular weight excluding hydrogens is 446 g/mol. The molecule has 4 N–H and O–H groups in total. The van der Waals surface area contributed by atoms with Crippen LogP contribution in [0.25, 0.3) is 11.2 Å². The van der Waals surface area contributed by atoms with E-state index in [1.54, 1.807) is 16.3 Å². The molecule has 0 aliphatic rings. The van der Waals surface area contributed by atoms with Crippen LogP contribution in [0.3, 0.4) is 0 Å². The van der Waals surface area contributed by atoms with Gasteiger partial charge in [-0.3, -0.25) is 9.78 Å². The summed E-state index contributed by atoms with van der Waals surface area (Å²) in [5, 5.41) is 10.3. The quantitative estimate of drug-likeness (QED) is 0.182. The summed E-state index contributed by atoms with van der Waals surface area (Å²) >= 11 is 1.78. The van der Waals surface area contributed by atoms with Crippen molar-refractivity contribution >= 4 is 28.9 Å². The van der Waals surface area contributed by atoms with Gasteiger partial charge in [-0.1, -0.05) is 103 Å². The van der Waals surface area contributed by atoms with Crippen molar-refractivity contribution in [2.45, 2.75) is 122 Å². The van der Waals surface area contributed by atoms with Crippen LogP contribution in [0, 0.1) is 0 Å². The van der Waals surface area contributed by atoms with E-state index in [4.69, 9.17) is 5.73 Å². The number of aliphatic hydroxyl groups excluding tert-OH is 1. The van der Waals surface area contributed by atoms with Crippen LogP contribution in [0.2, 0.25) is 0 Å². The van der Waals surface area contributed by atoms with Gasteiger partial charge in [-0.2, -0.15) is 16.7 Å². The van der Waals surface area contributed by atoms with Crippen LogP contribution in [-0.4, -0.2) is 42.2 Å². The smallest absolute Gasteiger partial charge is 0.280 e. The van der Waals surface area contributed by atoms with E-state index in [-0.39, 0.29) is 17.0 Å². The largest absolute Gasteiger partial charge is 0.390 e. The van der Waals surface area contributed by atoms with Crippen molar-refractivity contribution in [2.75, 3.05) is 17.2 Å². The SMILES string of the molecule is CCCCCCCCCCCCCCCCCCSCC(O)Cn1cnc2c(=O)[nH]c(N)nc21. The van der Waals surface area contributed by atoms with Gasteiger partial charge in [-0.15, -0.1) is 0 Å². The topological polar surface area (TPSA) is 110 Å². The van der Waals surface area contributed by atoms with Gasteiger partial charge in [-0.05, 0) is 12.2 Å². The number of hydrogen-bond donors (Lipinski definition) is 3. The first-order chi connectivity index (χ1) is 16.6. The maximum Gasteiger partial charge on any atom is 0.280 e. The summed E-state index contributed by atoms with van der Waals surface area (Å²) in [6.07, 6.45) is 23.1. The lowest BCUT2D eigenvalue weighted by molar-refractivity contribution is 0.179. The first-order valence-corrected chi connectivity index (χ1v) is 14.7. The molecule has 0 bridgehead atoms. The van der Waals surface area contributed by atoms with E-state index in [1.807, 2.05) is 0 Å². The zero-order valence-corrected chi connectivity index (χ0v) is 22.1. The van der Waals surface area contributed by atoms with Crippen LogP contribution in [0.1, 0.15) is 110 Å². The fourth-order valence-corrected chi connectivity index (χ4v) is 5.31. The molecule has 0 saturated carbocycles. The molecule has 2 aromatic heterocycles. The zero-order valence-electron chi connectivity index (χ0n) is 21.3. The van der Waals surface area contributed by atoms with Crippen LogP contribution in [0.4, 0.5) is 5.95 Å². The number of anilines is 1. The average molecular weight is 494 g/mol. The standard InChI is InChI=1S/C26H47N5O2S/c1-2-3-4-5-6-7-8-9-10-11-12-13-14-15-16-17-18-34-20-22(32)19-31-21-28-23-24(31)29-26(27)30-25(23)33/h21-22,32H,2-20H2,1H3,(H3,27,29,30,33). The maximum absolute atomic E-state index is 11.8. The molecule has 8 heteroatoms. The van der Waals surface area contributed by atoms with Crippen LogP contribution < -0.4 is 11.3 Å². The van der Waals surface area contributed by atoms with Gasteiger partial charge in [0.25, 0.3) is 5.56 Å². The second-order valence-corrected chi connectivity index (χ2v) is 10.7. The van der Waals surface area contributed by atoms with Crippen LogP contribution >= 0.6 is 11.8 Å². The Morgan fingerprint density at radius 1 is 0.941 bits per heavy atom. The lowest BCUT2D eigenvalue weighted by Gasteiger charge is -2.11. The highest BCUT2D eigenvalue weighted by atomic mass is 32.2. The number of nitrogens with two attached hydrogens (primary N) is 1. The van der Waals surface area contributed by atoms with Crippen molar-refractivity contribution in [3.8, 4) is 0 Å². The minimum Gasteiger partial charge on any atom is -0.390 e. The van der Waals surface area contributed by atoms with Crippen LogP contribution in [0.15, 0.2) is 11.1 Å². The summed E-state index contributed by atoms with van der Waals surface area (Å²) in [4.78, 5) is 22.5. The number of hydrogen-bond acceptors (Lipinski definition) is 6. The number of fused-ring (bicyclic) bond motifs is 1. The Hall–Kier alpha value is -1.54. The van der Waals surface area contributed by atoms with Gasteiger partial charge in [0, 0.05) is 5.75 Å². The van der Waals surface area contributed by atoms with E-state index in [2.05, 4.69) is 21.9 Å². The van der Waals surface area contributed by atoms with E-state index in [0.717, 1.165) is 5.75 Å². The zero-order chi connectivity index (χ0) is 24.4. The summed E-state index contributed by atoms with van der Waals surface area (Å²) in [5.74, 6) is 1.80. The molecule has 0 radical (unpaired) electrons. The Morgan fingerprint density at radius 2 is 1.47 bits per heavy atom. The molecule has 194 valence electrons. The number of aliphatic hydroxyl groups is 1. The minimum absolute atomic E-state index is 0.0617. The molecule has 2 rings (SSSR count). The molecule has 0 fully saturated rings. The number of aromatic nitrogens is 4. The molecule has 0 aliphatic heterocycles. The second kappa shape index (κ2) is 17.8. The van der Waals surface area contributed by atoms with Crippen molar-refractivity contribution in [2.24, 2.45) is 0 Å². The lowest BCUT2D eigenvalue weighted by atomic mass is 10.0. The summed E-state index contributed by atoms with van der Waals surface area (Å²) in [6, 6.07) is 0. The minimum atomic E-state index is -0.509. The third kappa shape index (κ3) is 11.7. The van der Waals surface area contributed by atoms with E-state index in [1.165, 1.54) is 109 Å². The second-order valence-electron chi connectivity index (χ2n) is 9.55. The molecule has 0 aromatic carbocycles. The fourth-order valence-electron chi connectivity index (χ4n) is 4.36. The van der Waals surface area contributed by atoms with E-state index < -0.39 is 6.10 Å². The molecule has 0 aliphatic carbocycles. The highest BCUT2D eigenvalue weighted by Gasteiger charge is 2.12. The first kappa shape index (κ1) is 28.7. The van der Waals surface area contributed by atoms with Gasteiger partial charge in [0.05, 0.1) is 19.0 Å². The molecule has 7 nitrogen and oxygen atoms in total. The molecule has 0 amide bonds.